The van der Waals surface area contributed by atoms with Crippen LogP contribution in [0.5, 0.6) is 0 Å². The van der Waals surface area contributed by atoms with Crippen molar-refractivity contribution in [3.05, 3.63) is 66.2 Å². The zero-order valence-corrected chi connectivity index (χ0v) is 13.7. The van der Waals surface area contributed by atoms with Gasteiger partial charge in [-0.3, -0.25) is 0 Å². The lowest BCUT2D eigenvalue weighted by Crippen LogP contribution is -2.15. The van der Waals surface area contributed by atoms with Crippen molar-refractivity contribution in [2.24, 2.45) is 0 Å². The molecular formula is C19H24O2S. The fourth-order valence-corrected chi connectivity index (χ4v) is 3.09. The third-order valence-electron chi connectivity index (χ3n) is 3.37. The number of hydrogen-bond donors (Lipinski definition) is 1. The summed E-state index contributed by atoms with van der Waals surface area (Å²) in [7, 11) is 0. The lowest BCUT2D eigenvalue weighted by molar-refractivity contribution is 0.0236. The van der Waals surface area contributed by atoms with Gasteiger partial charge in [-0.15, -0.1) is 11.8 Å². The Morgan fingerprint density at radius 2 is 1.59 bits per heavy atom. The molecule has 2 nitrogen and oxygen atoms in total. The monoisotopic (exact) mass is 316 g/mol. The van der Waals surface area contributed by atoms with Gasteiger partial charge in [0.05, 0.1) is 19.3 Å². The van der Waals surface area contributed by atoms with Crippen molar-refractivity contribution >= 4 is 11.8 Å². The number of hydrogen-bond acceptors (Lipinski definition) is 3. The average molecular weight is 316 g/mol. The van der Waals surface area contributed by atoms with Crippen LogP contribution < -0.4 is 0 Å². The summed E-state index contributed by atoms with van der Waals surface area (Å²) in [5, 5.41) is 9.91. The Balaban J connectivity index is 1.48. The zero-order chi connectivity index (χ0) is 15.5. The summed E-state index contributed by atoms with van der Waals surface area (Å²) in [6, 6.07) is 20.5. The Morgan fingerprint density at radius 3 is 2.32 bits per heavy atom. The summed E-state index contributed by atoms with van der Waals surface area (Å²) in [5.41, 5.74) is 1.15. The fourth-order valence-electron chi connectivity index (χ4n) is 2.16. The minimum absolute atomic E-state index is 0.356. The number of aliphatic hydroxyl groups excluding tert-OH is 1. The van der Waals surface area contributed by atoms with Gasteiger partial charge in [-0.1, -0.05) is 48.5 Å². The molecule has 0 spiro atoms. The number of ether oxygens (including phenoxy) is 1. The molecule has 0 heterocycles. The highest BCUT2D eigenvalue weighted by Crippen LogP contribution is 2.19. The standard InChI is InChI=1S/C19H24O2S/c20-18(16-21-15-17-9-3-1-4-10-17)11-7-8-14-22-19-12-5-2-6-13-19/h1-6,9-10,12-13,18,20H,7-8,11,14-16H2. The number of benzene rings is 2. The maximum atomic E-state index is 9.91. The van der Waals surface area contributed by atoms with Crippen LogP contribution in [0.1, 0.15) is 24.8 Å². The van der Waals surface area contributed by atoms with Crippen LogP contribution in [-0.2, 0) is 11.3 Å². The predicted octanol–water partition coefficient (Wildman–Crippen LogP) is 4.53. The lowest BCUT2D eigenvalue weighted by atomic mass is 10.2. The second-order valence-corrected chi connectivity index (χ2v) is 6.48. The molecule has 1 atom stereocenters. The first kappa shape index (κ1) is 17.1. The zero-order valence-electron chi connectivity index (χ0n) is 12.9. The van der Waals surface area contributed by atoms with Crippen LogP contribution in [0.3, 0.4) is 0 Å². The minimum atomic E-state index is -0.356. The van der Waals surface area contributed by atoms with E-state index in [4.69, 9.17) is 4.74 Å². The molecule has 0 bridgehead atoms. The van der Waals surface area contributed by atoms with Crippen molar-refractivity contribution in [2.45, 2.75) is 36.9 Å². The topological polar surface area (TPSA) is 29.5 Å². The second kappa shape index (κ2) is 10.4. The van der Waals surface area contributed by atoms with Gasteiger partial charge in [0, 0.05) is 4.90 Å². The van der Waals surface area contributed by atoms with E-state index < -0.39 is 0 Å². The fraction of sp³-hybridized carbons (Fsp3) is 0.368. The molecule has 2 rings (SSSR count). The van der Waals surface area contributed by atoms with Gasteiger partial charge in [0.15, 0.2) is 0 Å². The summed E-state index contributed by atoms with van der Waals surface area (Å²) in [6.07, 6.45) is 2.61. The lowest BCUT2D eigenvalue weighted by Gasteiger charge is -2.11. The third kappa shape index (κ3) is 7.12. The Hall–Kier alpha value is -1.29. The van der Waals surface area contributed by atoms with Crippen molar-refractivity contribution in [2.75, 3.05) is 12.4 Å². The van der Waals surface area contributed by atoms with E-state index in [0.717, 1.165) is 30.6 Å². The second-order valence-electron chi connectivity index (χ2n) is 5.31. The number of rotatable bonds is 10. The highest BCUT2D eigenvalue weighted by Gasteiger charge is 2.04. The molecular weight excluding hydrogens is 292 g/mol. The average Bonchev–Trinajstić information content (AvgIpc) is 2.56. The molecule has 0 radical (unpaired) electrons. The largest absolute Gasteiger partial charge is 0.391 e. The molecule has 1 N–H and O–H groups in total. The van der Waals surface area contributed by atoms with Gasteiger partial charge in [0.2, 0.25) is 0 Å². The van der Waals surface area contributed by atoms with Gasteiger partial charge in [0.25, 0.3) is 0 Å². The van der Waals surface area contributed by atoms with Crippen molar-refractivity contribution < 1.29 is 9.84 Å². The van der Waals surface area contributed by atoms with Gasteiger partial charge in [-0.2, -0.15) is 0 Å². The molecule has 1 unspecified atom stereocenters. The quantitative estimate of drug-likeness (QED) is 0.516. The molecule has 0 fully saturated rings. The molecule has 0 aliphatic carbocycles. The van der Waals surface area contributed by atoms with Gasteiger partial charge in [0.1, 0.15) is 0 Å². The maximum Gasteiger partial charge on any atom is 0.0773 e. The first-order chi connectivity index (χ1) is 10.8. The SMILES string of the molecule is OC(CCCCSc1ccccc1)COCc1ccccc1. The first-order valence-electron chi connectivity index (χ1n) is 7.82. The minimum Gasteiger partial charge on any atom is -0.391 e. The molecule has 0 aromatic heterocycles. The normalized spacial score (nSPS) is 12.2. The summed E-state index contributed by atoms with van der Waals surface area (Å²) in [4.78, 5) is 1.31. The molecule has 0 aliphatic heterocycles. The third-order valence-corrected chi connectivity index (χ3v) is 4.46. The van der Waals surface area contributed by atoms with Crippen molar-refractivity contribution in [1.82, 2.24) is 0 Å². The molecule has 0 amide bonds. The molecule has 3 heteroatoms. The van der Waals surface area contributed by atoms with Crippen molar-refractivity contribution in [1.29, 1.82) is 0 Å². The van der Waals surface area contributed by atoms with Crippen LogP contribution >= 0.6 is 11.8 Å². The van der Waals surface area contributed by atoms with E-state index in [-0.39, 0.29) is 6.10 Å². The summed E-state index contributed by atoms with van der Waals surface area (Å²) >= 11 is 1.87. The van der Waals surface area contributed by atoms with Gasteiger partial charge in [-0.25, -0.2) is 0 Å². The van der Waals surface area contributed by atoms with E-state index in [1.807, 2.05) is 48.2 Å². The summed E-state index contributed by atoms with van der Waals surface area (Å²) < 4.78 is 5.55. The molecule has 22 heavy (non-hydrogen) atoms. The van der Waals surface area contributed by atoms with Crippen molar-refractivity contribution in [3.63, 3.8) is 0 Å². The number of unbranched alkanes of at least 4 members (excludes halogenated alkanes) is 1. The number of thioether (sulfide) groups is 1. The van der Waals surface area contributed by atoms with E-state index in [9.17, 15) is 5.11 Å². The predicted molar refractivity (Wildman–Crippen MR) is 93.1 cm³/mol. The Morgan fingerprint density at radius 1 is 0.909 bits per heavy atom. The van der Waals surface area contributed by atoms with Crippen LogP contribution in [0.2, 0.25) is 0 Å². The molecule has 0 saturated carbocycles. The van der Waals surface area contributed by atoms with Gasteiger partial charge >= 0.3 is 0 Å². The van der Waals surface area contributed by atoms with Crippen LogP contribution in [0, 0.1) is 0 Å². The summed E-state index contributed by atoms with van der Waals surface area (Å²) in [5.74, 6) is 1.10. The first-order valence-corrected chi connectivity index (χ1v) is 8.81. The van der Waals surface area contributed by atoms with E-state index >= 15 is 0 Å². The number of aliphatic hydroxyl groups is 1. The Labute approximate surface area is 137 Å². The molecule has 2 aromatic rings. The highest BCUT2D eigenvalue weighted by molar-refractivity contribution is 7.99. The van der Waals surface area contributed by atoms with Gasteiger partial charge < -0.3 is 9.84 Å². The van der Waals surface area contributed by atoms with E-state index in [1.54, 1.807) is 0 Å². The molecule has 118 valence electrons. The van der Waals surface area contributed by atoms with E-state index in [1.165, 1.54) is 4.90 Å². The van der Waals surface area contributed by atoms with E-state index in [2.05, 4.69) is 24.3 Å². The van der Waals surface area contributed by atoms with Gasteiger partial charge in [-0.05, 0) is 42.7 Å². The maximum absolute atomic E-state index is 9.91. The molecule has 0 saturated heterocycles. The van der Waals surface area contributed by atoms with Crippen LogP contribution in [0.25, 0.3) is 0 Å². The van der Waals surface area contributed by atoms with Crippen LogP contribution in [-0.4, -0.2) is 23.6 Å². The van der Waals surface area contributed by atoms with Crippen molar-refractivity contribution in [3.8, 4) is 0 Å². The highest BCUT2D eigenvalue weighted by atomic mass is 32.2. The van der Waals surface area contributed by atoms with E-state index in [0.29, 0.717) is 13.2 Å². The molecule has 0 aliphatic rings. The molecule has 2 aromatic carbocycles. The summed E-state index contributed by atoms with van der Waals surface area (Å²) in [6.45, 7) is 0.989. The van der Waals surface area contributed by atoms with Crippen LogP contribution in [0.4, 0.5) is 0 Å². The smallest absolute Gasteiger partial charge is 0.0773 e. The Kier molecular flexibility index (Phi) is 8.10. The van der Waals surface area contributed by atoms with Crippen LogP contribution in [0.15, 0.2) is 65.6 Å². The Bertz CT molecular complexity index is 501.